The fourth-order valence-electron chi connectivity index (χ4n) is 2.38. The summed E-state index contributed by atoms with van der Waals surface area (Å²) in [4.78, 5) is 29.2. The molecule has 0 aromatic carbocycles. The lowest BCUT2D eigenvalue weighted by Gasteiger charge is -2.20. The van der Waals surface area contributed by atoms with Crippen molar-refractivity contribution in [1.82, 2.24) is 9.97 Å². The Labute approximate surface area is 121 Å². The molecule has 1 fully saturated rings. The van der Waals surface area contributed by atoms with Crippen molar-refractivity contribution in [2.45, 2.75) is 49.5 Å². The molecule has 2 rings (SSSR count). The number of aromatic nitrogens is 2. The summed E-state index contributed by atoms with van der Waals surface area (Å²) in [5.41, 5.74) is 5.26. The van der Waals surface area contributed by atoms with Gasteiger partial charge in [-0.05, 0) is 12.8 Å². The molecule has 0 spiro atoms. The fraction of sp³-hybridized carbons (Fsp3) is 0.615. The number of anilines is 1. The van der Waals surface area contributed by atoms with E-state index in [0.717, 1.165) is 0 Å². The molecule has 1 saturated carbocycles. The first-order valence-electron chi connectivity index (χ1n) is 6.77. The highest BCUT2D eigenvalue weighted by atomic mass is 32.2. The molecular formula is C13H19N3O3S. The first-order chi connectivity index (χ1) is 9.56. The Morgan fingerprint density at radius 1 is 1.40 bits per heavy atom. The van der Waals surface area contributed by atoms with Gasteiger partial charge in [-0.25, -0.2) is 4.98 Å². The van der Waals surface area contributed by atoms with E-state index in [4.69, 9.17) is 10.8 Å². The van der Waals surface area contributed by atoms with E-state index in [9.17, 15) is 9.59 Å². The van der Waals surface area contributed by atoms with Crippen LogP contribution in [0.1, 0.15) is 43.5 Å². The van der Waals surface area contributed by atoms with Crippen molar-refractivity contribution < 1.29 is 9.90 Å². The lowest BCUT2D eigenvalue weighted by Crippen LogP contribution is -2.22. The monoisotopic (exact) mass is 297 g/mol. The molecule has 0 bridgehead atoms. The lowest BCUT2D eigenvalue weighted by atomic mass is 10.0. The van der Waals surface area contributed by atoms with Crippen LogP contribution in [0.15, 0.2) is 4.79 Å². The summed E-state index contributed by atoms with van der Waals surface area (Å²) in [6.07, 6.45) is 5.86. The number of hydrogen-bond donors (Lipinski definition) is 3. The summed E-state index contributed by atoms with van der Waals surface area (Å²) >= 11 is 1.78. The summed E-state index contributed by atoms with van der Waals surface area (Å²) < 4.78 is 0. The van der Waals surface area contributed by atoms with Crippen LogP contribution >= 0.6 is 11.8 Å². The van der Waals surface area contributed by atoms with Gasteiger partial charge in [0.25, 0.3) is 5.56 Å². The Balaban J connectivity index is 2.02. The van der Waals surface area contributed by atoms with Crippen molar-refractivity contribution >= 4 is 23.5 Å². The zero-order valence-corrected chi connectivity index (χ0v) is 12.0. The molecule has 0 atom stereocenters. The van der Waals surface area contributed by atoms with Gasteiger partial charge in [0.15, 0.2) is 0 Å². The normalized spacial score (nSPS) is 16.2. The number of carbonyl (C=O) groups is 1. The number of H-pyrrole nitrogens is 1. The third-order valence-corrected chi connectivity index (χ3v) is 4.82. The molecule has 0 unspecified atom stereocenters. The van der Waals surface area contributed by atoms with Crippen molar-refractivity contribution in [3.05, 3.63) is 21.7 Å². The van der Waals surface area contributed by atoms with Gasteiger partial charge in [-0.2, -0.15) is 11.8 Å². The van der Waals surface area contributed by atoms with Crippen LogP contribution in [0.3, 0.4) is 0 Å². The van der Waals surface area contributed by atoms with Crippen LogP contribution in [0, 0.1) is 0 Å². The number of nitrogens with two attached hydrogens (primary N) is 1. The molecule has 1 aliphatic carbocycles. The van der Waals surface area contributed by atoms with Gasteiger partial charge in [0.05, 0.1) is 17.7 Å². The molecular weight excluding hydrogens is 278 g/mol. The van der Waals surface area contributed by atoms with E-state index in [0.29, 0.717) is 16.8 Å². The number of rotatable bonds is 5. The molecule has 1 heterocycles. The highest BCUT2D eigenvalue weighted by Crippen LogP contribution is 2.29. The zero-order valence-electron chi connectivity index (χ0n) is 11.2. The number of nitrogens with one attached hydrogen (secondary N) is 1. The van der Waals surface area contributed by atoms with Gasteiger partial charge in [0, 0.05) is 5.25 Å². The van der Waals surface area contributed by atoms with Crippen LogP contribution in [-0.2, 0) is 17.0 Å². The predicted molar refractivity (Wildman–Crippen MR) is 78.8 cm³/mol. The average molecular weight is 297 g/mol. The van der Waals surface area contributed by atoms with E-state index in [-0.39, 0.29) is 11.4 Å². The van der Waals surface area contributed by atoms with Crippen molar-refractivity contribution in [1.29, 1.82) is 0 Å². The van der Waals surface area contributed by atoms with Gasteiger partial charge in [0.1, 0.15) is 11.6 Å². The van der Waals surface area contributed by atoms with Crippen molar-refractivity contribution in [2.24, 2.45) is 0 Å². The second-order valence-electron chi connectivity index (χ2n) is 5.02. The Hall–Kier alpha value is -1.50. The van der Waals surface area contributed by atoms with Gasteiger partial charge in [-0.1, -0.05) is 19.3 Å². The highest BCUT2D eigenvalue weighted by Gasteiger charge is 2.16. The summed E-state index contributed by atoms with van der Waals surface area (Å²) in [7, 11) is 0. The Bertz CT molecular complexity index is 538. The van der Waals surface area contributed by atoms with Gasteiger partial charge in [0.2, 0.25) is 0 Å². The third-order valence-electron chi connectivity index (χ3n) is 3.43. The highest BCUT2D eigenvalue weighted by molar-refractivity contribution is 7.99. The number of nitrogens with zero attached hydrogens (tertiary/aromatic N) is 1. The van der Waals surface area contributed by atoms with E-state index in [1.54, 1.807) is 11.8 Å². The largest absolute Gasteiger partial charge is 0.481 e. The minimum absolute atomic E-state index is 0.0235. The lowest BCUT2D eigenvalue weighted by molar-refractivity contribution is -0.136. The summed E-state index contributed by atoms with van der Waals surface area (Å²) in [6.45, 7) is 0. The number of hydrogen-bond acceptors (Lipinski definition) is 5. The van der Waals surface area contributed by atoms with Crippen LogP contribution in [0.2, 0.25) is 0 Å². The number of aromatic amines is 1. The molecule has 20 heavy (non-hydrogen) atoms. The average Bonchev–Trinajstić information content (AvgIpc) is 2.41. The Kier molecular flexibility index (Phi) is 5.05. The van der Waals surface area contributed by atoms with Crippen LogP contribution in [0.25, 0.3) is 0 Å². The topological polar surface area (TPSA) is 109 Å². The first kappa shape index (κ1) is 14.9. The Morgan fingerprint density at radius 3 is 2.70 bits per heavy atom. The summed E-state index contributed by atoms with van der Waals surface area (Å²) in [5.74, 6) is 0.0678. The van der Waals surface area contributed by atoms with Crippen LogP contribution in [0.4, 0.5) is 5.82 Å². The third kappa shape index (κ3) is 4.00. The van der Waals surface area contributed by atoms with E-state index in [2.05, 4.69) is 9.97 Å². The second-order valence-corrected chi connectivity index (χ2v) is 6.31. The smallest absolute Gasteiger partial charge is 0.308 e. The maximum absolute atomic E-state index is 11.8. The minimum Gasteiger partial charge on any atom is -0.481 e. The molecule has 0 radical (unpaired) electrons. The maximum atomic E-state index is 11.8. The van der Waals surface area contributed by atoms with Crippen LogP contribution < -0.4 is 11.3 Å². The van der Waals surface area contributed by atoms with Gasteiger partial charge in [-0.3, -0.25) is 9.59 Å². The summed E-state index contributed by atoms with van der Waals surface area (Å²) in [6, 6.07) is 0. The molecule has 6 nitrogen and oxygen atoms in total. The first-order valence-corrected chi connectivity index (χ1v) is 7.82. The quantitative estimate of drug-likeness (QED) is 0.760. The maximum Gasteiger partial charge on any atom is 0.308 e. The van der Waals surface area contributed by atoms with E-state index < -0.39 is 17.9 Å². The van der Waals surface area contributed by atoms with E-state index in [1.165, 1.54) is 32.1 Å². The second kappa shape index (κ2) is 6.78. The van der Waals surface area contributed by atoms with Crippen molar-refractivity contribution in [2.75, 3.05) is 5.73 Å². The van der Waals surface area contributed by atoms with Gasteiger partial charge >= 0.3 is 5.97 Å². The molecule has 1 aromatic rings. The molecule has 1 aromatic heterocycles. The number of aliphatic carboxylic acids is 1. The molecule has 4 N–H and O–H groups in total. The SMILES string of the molecule is Nc1nc(CSC2CCCCC2)[nH]c(=O)c1CC(=O)O. The molecule has 7 heteroatoms. The molecule has 110 valence electrons. The van der Waals surface area contributed by atoms with Crippen LogP contribution in [-0.4, -0.2) is 26.3 Å². The number of carboxylic acids is 1. The standard InChI is InChI=1S/C13H19N3O3S/c14-12-9(6-11(17)18)13(19)16-10(15-12)7-20-8-4-2-1-3-5-8/h8H,1-7H2,(H,17,18)(H3,14,15,16,19). The number of nitrogen functional groups attached to an aromatic ring is 1. The van der Waals surface area contributed by atoms with E-state index >= 15 is 0 Å². The fourth-order valence-corrected chi connectivity index (χ4v) is 3.58. The van der Waals surface area contributed by atoms with E-state index in [1.807, 2.05) is 0 Å². The van der Waals surface area contributed by atoms with Crippen LogP contribution in [0.5, 0.6) is 0 Å². The number of carboxylic acid groups (broad SMARTS) is 1. The molecule has 0 saturated heterocycles. The Morgan fingerprint density at radius 2 is 2.10 bits per heavy atom. The molecule has 0 aliphatic heterocycles. The van der Waals surface area contributed by atoms with Crippen molar-refractivity contribution in [3.8, 4) is 0 Å². The molecule has 1 aliphatic rings. The predicted octanol–water partition coefficient (Wildman–Crippen LogP) is 1.55. The zero-order chi connectivity index (χ0) is 14.5. The van der Waals surface area contributed by atoms with Gasteiger partial charge in [-0.15, -0.1) is 0 Å². The number of thioether (sulfide) groups is 1. The molecule has 0 amide bonds. The minimum atomic E-state index is -1.09. The van der Waals surface area contributed by atoms with Gasteiger partial charge < -0.3 is 15.8 Å². The van der Waals surface area contributed by atoms with Crippen molar-refractivity contribution in [3.63, 3.8) is 0 Å². The summed E-state index contributed by atoms with van der Waals surface area (Å²) in [5, 5.41) is 9.34.